The maximum absolute atomic E-state index is 11.5. The third-order valence-electron chi connectivity index (χ3n) is 3.09. The predicted octanol–water partition coefficient (Wildman–Crippen LogP) is 3.40. The molecule has 0 amide bonds. The quantitative estimate of drug-likeness (QED) is 0.787. The van der Waals surface area contributed by atoms with Crippen molar-refractivity contribution in [3.63, 3.8) is 0 Å². The second-order valence-corrected chi connectivity index (χ2v) is 5.83. The lowest BCUT2D eigenvalue weighted by Gasteiger charge is -2.43. The fraction of sp³-hybridized carbons (Fsp3) is 0.462. The minimum Gasteiger partial charge on any atom is -0.365 e. The number of ketones is 1. The van der Waals surface area contributed by atoms with Crippen LogP contribution >= 0.6 is 15.9 Å². The van der Waals surface area contributed by atoms with E-state index in [2.05, 4.69) is 46.8 Å². The zero-order valence-electron chi connectivity index (χ0n) is 9.66. The summed E-state index contributed by atoms with van der Waals surface area (Å²) < 4.78 is 1.08. The molecule has 0 radical (unpaired) electrons. The summed E-state index contributed by atoms with van der Waals surface area (Å²) in [6, 6.07) is 8.26. The van der Waals surface area contributed by atoms with Crippen LogP contribution in [0.4, 0.5) is 5.69 Å². The number of hydrogen-bond acceptors (Lipinski definition) is 2. The monoisotopic (exact) mass is 281 g/mol. The van der Waals surface area contributed by atoms with Gasteiger partial charge in [0.05, 0.1) is 0 Å². The van der Waals surface area contributed by atoms with Gasteiger partial charge < -0.3 is 4.90 Å². The van der Waals surface area contributed by atoms with Crippen LogP contribution < -0.4 is 4.90 Å². The summed E-state index contributed by atoms with van der Waals surface area (Å²) in [7, 11) is 0. The smallest absolute Gasteiger partial charge is 0.136 e. The molecule has 86 valence electrons. The molecule has 0 N–H and O–H groups in total. The number of Topliss-reactive ketones (excluding diaryl/α,β-unsaturated/α-hetero) is 1. The van der Waals surface area contributed by atoms with Crippen LogP contribution in [0.1, 0.15) is 26.7 Å². The molecule has 0 bridgehead atoms. The van der Waals surface area contributed by atoms with Crippen molar-refractivity contribution in [2.75, 3.05) is 11.4 Å². The minimum atomic E-state index is -0.0733. The summed E-state index contributed by atoms with van der Waals surface area (Å²) in [5, 5.41) is 0. The molecule has 0 unspecified atom stereocenters. The van der Waals surface area contributed by atoms with Crippen LogP contribution in [-0.2, 0) is 4.79 Å². The van der Waals surface area contributed by atoms with Gasteiger partial charge in [-0.25, -0.2) is 0 Å². The standard InChI is InChI=1S/C13H16BrNO/c1-13(2)9-12(16)6-7-15(13)11-5-3-4-10(14)8-11/h3-5,8H,6-7,9H2,1-2H3. The Labute approximate surface area is 105 Å². The number of benzene rings is 1. The molecule has 1 aromatic carbocycles. The Hall–Kier alpha value is -0.830. The molecule has 0 aliphatic carbocycles. The van der Waals surface area contributed by atoms with E-state index in [1.165, 1.54) is 5.69 Å². The van der Waals surface area contributed by atoms with Crippen LogP contribution in [0.5, 0.6) is 0 Å². The van der Waals surface area contributed by atoms with E-state index < -0.39 is 0 Å². The molecule has 0 atom stereocenters. The average Bonchev–Trinajstić information content (AvgIpc) is 2.15. The van der Waals surface area contributed by atoms with Crippen LogP contribution in [-0.4, -0.2) is 17.9 Å². The predicted molar refractivity (Wildman–Crippen MR) is 69.8 cm³/mol. The van der Waals surface area contributed by atoms with Crippen LogP contribution in [0.25, 0.3) is 0 Å². The molecule has 1 fully saturated rings. The van der Waals surface area contributed by atoms with E-state index in [4.69, 9.17) is 0 Å². The summed E-state index contributed by atoms with van der Waals surface area (Å²) in [6.07, 6.45) is 1.30. The molecule has 1 heterocycles. The molecule has 16 heavy (non-hydrogen) atoms. The molecule has 1 aliphatic rings. The molecule has 3 heteroatoms. The van der Waals surface area contributed by atoms with Gasteiger partial charge in [0.2, 0.25) is 0 Å². The molecular formula is C13H16BrNO. The molecule has 0 saturated carbocycles. The van der Waals surface area contributed by atoms with Crippen molar-refractivity contribution in [3.8, 4) is 0 Å². The van der Waals surface area contributed by atoms with Gasteiger partial charge in [-0.15, -0.1) is 0 Å². The third kappa shape index (κ3) is 2.29. The topological polar surface area (TPSA) is 20.3 Å². The fourth-order valence-electron chi connectivity index (χ4n) is 2.33. The molecule has 2 nitrogen and oxygen atoms in total. The van der Waals surface area contributed by atoms with Crippen LogP contribution in [0.2, 0.25) is 0 Å². The number of anilines is 1. The summed E-state index contributed by atoms with van der Waals surface area (Å²) >= 11 is 3.48. The van der Waals surface area contributed by atoms with Crippen molar-refractivity contribution in [2.45, 2.75) is 32.2 Å². The molecule has 0 spiro atoms. The van der Waals surface area contributed by atoms with Gasteiger partial charge in [0, 0.05) is 35.1 Å². The van der Waals surface area contributed by atoms with E-state index in [1.807, 2.05) is 12.1 Å². The number of carbonyl (C=O) groups excluding carboxylic acids is 1. The molecule has 2 rings (SSSR count). The summed E-state index contributed by atoms with van der Waals surface area (Å²) in [5.41, 5.74) is 1.11. The van der Waals surface area contributed by atoms with Gasteiger partial charge in [-0.1, -0.05) is 22.0 Å². The number of carbonyl (C=O) groups is 1. The van der Waals surface area contributed by atoms with Crippen LogP contribution in [0, 0.1) is 0 Å². The van der Waals surface area contributed by atoms with Gasteiger partial charge in [0.15, 0.2) is 0 Å². The van der Waals surface area contributed by atoms with Gasteiger partial charge in [-0.3, -0.25) is 4.79 Å². The first kappa shape index (κ1) is 11.6. The molecule has 1 saturated heterocycles. The highest BCUT2D eigenvalue weighted by atomic mass is 79.9. The van der Waals surface area contributed by atoms with Crippen molar-refractivity contribution in [1.29, 1.82) is 0 Å². The Morgan fingerprint density at radius 2 is 2.12 bits per heavy atom. The second kappa shape index (κ2) is 4.21. The van der Waals surface area contributed by atoms with Crippen molar-refractivity contribution in [1.82, 2.24) is 0 Å². The van der Waals surface area contributed by atoms with E-state index in [0.717, 1.165) is 11.0 Å². The molecular weight excluding hydrogens is 266 g/mol. The summed E-state index contributed by atoms with van der Waals surface area (Å²) in [5.74, 6) is 0.372. The maximum atomic E-state index is 11.5. The Balaban J connectivity index is 2.30. The Bertz CT molecular complexity index is 414. The normalized spacial score (nSPS) is 19.9. The third-order valence-corrected chi connectivity index (χ3v) is 3.59. The first-order chi connectivity index (χ1) is 7.49. The lowest BCUT2D eigenvalue weighted by Crippen LogP contribution is -2.50. The van der Waals surface area contributed by atoms with E-state index in [9.17, 15) is 4.79 Å². The Morgan fingerprint density at radius 1 is 1.38 bits per heavy atom. The average molecular weight is 282 g/mol. The molecule has 0 aromatic heterocycles. The highest BCUT2D eigenvalue weighted by Crippen LogP contribution is 2.32. The largest absolute Gasteiger partial charge is 0.365 e. The number of rotatable bonds is 1. The van der Waals surface area contributed by atoms with E-state index in [-0.39, 0.29) is 5.54 Å². The van der Waals surface area contributed by atoms with Crippen molar-refractivity contribution >= 4 is 27.4 Å². The minimum absolute atomic E-state index is 0.0733. The highest BCUT2D eigenvalue weighted by Gasteiger charge is 2.33. The zero-order chi connectivity index (χ0) is 11.8. The molecule has 1 aromatic rings. The van der Waals surface area contributed by atoms with Crippen molar-refractivity contribution in [2.24, 2.45) is 0 Å². The van der Waals surface area contributed by atoms with E-state index in [1.54, 1.807) is 0 Å². The fourth-order valence-corrected chi connectivity index (χ4v) is 2.72. The Morgan fingerprint density at radius 3 is 2.75 bits per heavy atom. The Kier molecular flexibility index (Phi) is 3.06. The summed E-state index contributed by atoms with van der Waals surface area (Å²) in [6.45, 7) is 5.08. The van der Waals surface area contributed by atoms with Gasteiger partial charge in [-0.2, -0.15) is 0 Å². The molecule has 1 aliphatic heterocycles. The zero-order valence-corrected chi connectivity index (χ0v) is 11.3. The van der Waals surface area contributed by atoms with Gasteiger partial charge in [-0.05, 0) is 32.0 Å². The van der Waals surface area contributed by atoms with Crippen molar-refractivity contribution < 1.29 is 4.79 Å². The number of halogens is 1. The van der Waals surface area contributed by atoms with E-state index >= 15 is 0 Å². The first-order valence-corrected chi connectivity index (χ1v) is 6.33. The lowest BCUT2D eigenvalue weighted by molar-refractivity contribution is -0.121. The number of hydrogen-bond donors (Lipinski definition) is 0. The highest BCUT2D eigenvalue weighted by molar-refractivity contribution is 9.10. The van der Waals surface area contributed by atoms with E-state index in [0.29, 0.717) is 18.6 Å². The number of nitrogens with zero attached hydrogens (tertiary/aromatic N) is 1. The van der Waals surface area contributed by atoms with Crippen LogP contribution in [0.3, 0.4) is 0 Å². The van der Waals surface area contributed by atoms with Crippen molar-refractivity contribution in [3.05, 3.63) is 28.7 Å². The number of piperidine rings is 1. The second-order valence-electron chi connectivity index (χ2n) is 4.91. The summed E-state index contributed by atoms with van der Waals surface area (Å²) in [4.78, 5) is 13.8. The van der Waals surface area contributed by atoms with Gasteiger partial charge in [0.25, 0.3) is 0 Å². The SMILES string of the molecule is CC1(C)CC(=O)CCN1c1cccc(Br)c1. The van der Waals surface area contributed by atoms with Gasteiger partial charge in [0.1, 0.15) is 5.78 Å². The lowest BCUT2D eigenvalue weighted by atomic mass is 9.89. The maximum Gasteiger partial charge on any atom is 0.136 e. The van der Waals surface area contributed by atoms with Crippen LogP contribution in [0.15, 0.2) is 28.7 Å². The van der Waals surface area contributed by atoms with Gasteiger partial charge >= 0.3 is 0 Å². The first-order valence-electron chi connectivity index (χ1n) is 5.54.